The van der Waals surface area contributed by atoms with Crippen LogP contribution >= 0.6 is 11.8 Å². The third-order valence-corrected chi connectivity index (χ3v) is 4.14. The second-order valence-electron chi connectivity index (χ2n) is 5.18. The van der Waals surface area contributed by atoms with E-state index in [1.54, 1.807) is 23.9 Å². The Balaban J connectivity index is 2.10. The molecule has 84 valence electrons. The molecule has 0 heterocycles. The van der Waals surface area contributed by atoms with Crippen LogP contribution in [-0.4, -0.2) is 4.75 Å². The van der Waals surface area contributed by atoms with Crippen molar-refractivity contribution in [3.05, 3.63) is 30.1 Å². The Kier molecular flexibility index (Phi) is 2.71. The van der Waals surface area contributed by atoms with Gasteiger partial charge in [-0.15, -0.1) is 11.8 Å². The van der Waals surface area contributed by atoms with E-state index in [4.69, 9.17) is 0 Å². The Morgan fingerprint density at radius 2 is 1.81 bits per heavy atom. The number of thioether (sulfide) groups is 1. The van der Waals surface area contributed by atoms with E-state index in [0.29, 0.717) is 0 Å². The predicted octanol–water partition coefficient (Wildman–Crippen LogP) is 4.00. The average Bonchev–Trinajstić information content (AvgIpc) is 2.18. The molecular formula is C13H14FNS. The Morgan fingerprint density at radius 3 is 2.25 bits per heavy atom. The summed E-state index contributed by atoms with van der Waals surface area (Å²) in [4.78, 5) is 0.971. The molecule has 0 amide bonds. The maximum Gasteiger partial charge on any atom is 0.123 e. The molecule has 0 saturated heterocycles. The lowest BCUT2D eigenvalue weighted by Gasteiger charge is -2.48. The SMILES string of the molecule is CC1(C)CC(C#N)(Sc2ccc(F)cc2)C1. The van der Waals surface area contributed by atoms with Crippen LogP contribution in [0.1, 0.15) is 26.7 Å². The van der Waals surface area contributed by atoms with Gasteiger partial charge in [0.15, 0.2) is 0 Å². The van der Waals surface area contributed by atoms with Crippen LogP contribution in [0.25, 0.3) is 0 Å². The summed E-state index contributed by atoms with van der Waals surface area (Å²) in [7, 11) is 0. The number of hydrogen-bond donors (Lipinski definition) is 0. The summed E-state index contributed by atoms with van der Waals surface area (Å²) in [5, 5.41) is 9.24. The third kappa shape index (κ3) is 2.22. The van der Waals surface area contributed by atoms with Gasteiger partial charge >= 0.3 is 0 Å². The van der Waals surface area contributed by atoms with Crippen LogP contribution in [0, 0.1) is 22.6 Å². The van der Waals surface area contributed by atoms with E-state index in [2.05, 4.69) is 19.9 Å². The van der Waals surface area contributed by atoms with Gasteiger partial charge in [0.2, 0.25) is 0 Å². The molecule has 0 aliphatic heterocycles. The highest BCUT2D eigenvalue weighted by atomic mass is 32.2. The molecule has 0 unspecified atom stereocenters. The summed E-state index contributed by atoms with van der Waals surface area (Å²) in [5.41, 5.74) is 0.267. The maximum atomic E-state index is 12.7. The van der Waals surface area contributed by atoms with Crippen molar-refractivity contribution in [2.75, 3.05) is 0 Å². The van der Waals surface area contributed by atoms with Crippen molar-refractivity contribution in [1.82, 2.24) is 0 Å². The minimum Gasteiger partial charge on any atom is -0.207 e. The van der Waals surface area contributed by atoms with Crippen LogP contribution in [-0.2, 0) is 0 Å². The lowest BCUT2D eigenvalue weighted by molar-refractivity contribution is 0.162. The zero-order chi connectivity index (χ0) is 11.8. The van der Waals surface area contributed by atoms with Crippen LogP contribution < -0.4 is 0 Å². The molecule has 0 radical (unpaired) electrons. The summed E-state index contributed by atoms with van der Waals surface area (Å²) in [6.45, 7) is 4.35. The molecule has 1 aromatic carbocycles. The molecule has 1 fully saturated rings. The van der Waals surface area contributed by atoms with Crippen LogP contribution in [0.5, 0.6) is 0 Å². The van der Waals surface area contributed by atoms with E-state index in [0.717, 1.165) is 17.7 Å². The first-order valence-corrected chi connectivity index (χ1v) is 6.12. The first kappa shape index (κ1) is 11.5. The van der Waals surface area contributed by atoms with Crippen LogP contribution in [0.15, 0.2) is 29.2 Å². The summed E-state index contributed by atoms with van der Waals surface area (Å²) < 4.78 is 12.4. The molecule has 0 aromatic heterocycles. The molecule has 3 heteroatoms. The quantitative estimate of drug-likeness (QED) is 0.773. The zero-order valence-corrected chi connectivity index (χ0v) is 10.3. The van der Waals surface area contributed by atoms with Gasteiger partial charge in [0.25, 0.3) is 0 Å². The van der Waals surface area contributed by atoms with Gasteiger partial charge in [-0.05, 0) is 42.5 Å². The largest absolute Gasteiger partial charge is 0.207 e. The molecule has 0 spiro atoms. The van der Waals surface area contributed by atoms with Crippen molar-refractivity contribution in [1.29, 1.82) is 5.26 Å². The Bertz CT molecular complexity index is 422. The Morgan fingerprint density at radius 1 is 1.25 bits per heavy atom. The molecular weight excluding hydrogens is 221 g/mol. The highest BCUT2D eigenvalue weighted by molar-refractivity contribution is 8.01. The zero-order valence-electron chi connectivity index (χ0n) is 9.46. The van der Waals surface area contributed by atoms with Crippen molar-refractivity contribution >= 4 is 11.8 Å². The van der Waals surface area contributed by atoms with Gasteiger partial charge in [0.1, 0.15) is 10.6 Å². The van der Waals surface area contributed by atoms with E-state index in [1.807, 2.05) is 0 Å². The summed E-state index contributed by atoms with van der Waals surface area (Å²) >= 11 is 1.56. The number of nitrogens with zero attached hydrogens (tertiary/aromatic N) is 1. The fourth-order valence-corrected chi connectivity index (χ4v) is 4.09. The first-order valence-electron chi connectivity index (χ1n) is 5.31. The molecule has 1 nitrogen and oxygen atoms in total. The normalized spacial score (nSPS) is 20.9. The van der Waals surface area contributed by atoms with Crippen molar-refractivity contribution in [3.8, 4) is 6.07 Å². The molecule has 16 heavy (non-hydrogen) atoms. The lowest BCUT2D eigenvalue weighted by Crippen LogP contribution is -2.45. The summed E-state index contributed by atoms with van der Waals surface area (Å²) in [6, 6.07) is 8.77. The van der Waals surface area contributed by atoms with Gasteiger partial charge in [0.05, 0.1) is 6.07 Å². The fourth-order valence-electron chi connectivity index (χ4n) is 2.40. The highest BCUT2D eigenvalue weighted by Gasteiger charge is 2.50. The lowest BCUT2D eigenvalue weighted by atomic mass is 9.64. The number of rotatable bonds is 2. The minimum atomic E-state index is -0.304. The molecule has 0 atom stereocenters. The van der Waals surface area contributed by atoms with Crippen molar-refractivity contribution in [2.45, 2.75) is 36.3 Å². The van der Waals surface area contributed by atoms with Crippen molar-refractivity contribution < 1.29 is 4.39 Å². The molecule has 0 N–H and O–H groups in total. The minimum absolute atomic E-state index is 0.232. The van der Waals surface area contributed by atoms with Crippen LogP contribution in [0.2, 0.25) is 0 Å². The standard InChI is InChI=1S/C13H14FNS/c1-12(2)7-13(8-12,9-15)16-11-5-3-10(14)4-6-11/h3-6H,7-8H2,1-2H3. The maximum absolute atomic E-state index is 12.7. The van der Waals surface area contributed by atoms with Crippen molar-refractivity contribution in [3.63, 3.8) is 0 Å². The van der Waals surface area contributed by atoms with Gasteiger partial charge in [-0.2, -0.15) is 5.26 Å². The third-order valence-electron chi connectivity index (χ3n) is 2.86. The molecule has 1 aliphatic carbocycles. The van der Waals surface area contributed by atoms with Gasteiger partial charge in [0, 0.05) is 4.90 Å². The molecule has 1 saturated carbocycles. The molecule has 0 bridgehead atoms. The molecule has 1 aromatic rings. The van der Waals surface area contributed by atoms with Crippen LogP contribution in [0.4, 0.5) is 4.39 Å². The number of hydrogen-bond acceptors (Lipinski definition) is 2. The van der Waals surface area contributed by atoms with Gasteiger partial charge in [-0.1, -0.05) is 13.8 Å². The highest BCUT2D eigenvalue weighted by Crippen LogP contribution is 2.56. The summed E-state index contributed by atoms with van der Waals surface area (Å²) in [5.74, 6) is -0.232. The summed E-state index contributed by atoms with van der Waals surface area (Å²) in [6.07, 6.45) is 1.80. The number of nitriles is 1. The Labute approximate surface area is 99.7 Å². The topological polar surface area (TPSA) is 23.8 Å². The van der Waals surface area contributed by atoms with E-state index in [1.165, 1.54) is 12.1 Å². The number of halogens is 1. The van der Waals surface area contributed by atoms with Crippen molar-refractivity contribution in [2.24, 2.45) is 5.41 Å². The number of benzene rings is 1. The second kappa shape index (κ2) is 3.78. The molecule has 1 aliphatic rings. The van der Waals surface area contributed by atoms with Gasteiger partial charge in [-0.3, -0.25) is 0 Å². The van der Waals surface area contributed by atoms with E-state index in [9.17, 15) is 9.65 Å². The first-order chi connectivity index (χ1) is 7.45. The van der Waals surface area contributed by atoms with Gasteiger partial charge in [-0.25, -0.2) is 4.39 Å². The smallest absolute Gasteiger partial charge is 0.123 e. The predicted molar refractivity (Wildman–Crippen MR) is 63.6 cm³/mol. The van der Waals surface area contributed by atoms with E-state index >= 15 is 0 Å². The van der Waals surface area contributed by atoms with Crippen LogP contribution in [0.3, 0.4) is 0 Å². The monoisotopic (exact) mass is 235 g/mol. The van der Waals surface area contributed by atoms with E-state index < -0.39 is 0 Å². The average molecular weight is 235 g/mol. The fraction of sp³-hybridized carbons (Fsp3) is 0.462. The second-order valence-corrected chi connectivity index (χ2v) is 6.64. The van der Waals surface area contributed by atoms with E-state index in [-0.39, 0.29) is 16.0 Å². The molecule has 2 rings (SSSR count). The van der Waals surface area contributed by atoms with Gasteiger partial charge < -0.3 is 0 Å². The Hall–Kier alpha value is -1.01.